The summed E-state index contributed by atoms with van der Waals surface area (Å²) < 4.78 is 0. The molecule has 0 aromatic carbocycles. The molecule has 0 aliphatic carbocycles. The molecule has 1 amide bonds. The molecule has 0 spiro atoms. The number of piperidine rings is 1. The van der Waals surface area contributed by atoms with Crippen LogP contribution in [0, 0.1) is 12.3 Å². The molecule has 0 atom stereocenters. The van der Waals surface area contributed by atoms with Gasteiger partial charge in [-0.15, -0.1) is 0 Å². The molecule has 4 nitrogen and oxygen atoms in total. The van der Waals surface area contributed by atoms with Crippen LogP contribution in [0.4, 0.5) is 0 Å². The normalized spacial score (nSPS) is 17.7. The first kappa shape index (κ1) is 15.0. The number of aryl methyl sites for hydroxylation is 1. The zero-order valence-electron chi connectivity index (χ0n) is 12.5. The highest BCUT2D eigenvalue weighted by Crippen LogP contribution is 2.34. The van der Waals surface area contributed by atoms with Gasteiger partial charge in [-0.1, -0.05) is 13.3 Å². The first-order valence-corrected chi connectivity index (χ1v) is 7.56. The first-order chi connectivity index (χ1) is 9.68. The lowest BCUT2D eigenvalue weighted by molar-refractivity contribution is -0.133. The smallest absolute Gasteiger partial charge is 0.226 e. The van der Waals surface area contributed by atoms with Gasteiger partial charge in [0.2, 0.25) is 5.91 Å². The predicted octanol–water partition coefficient (Wildman–Crippen LogP) is 2.18. The molecule has 2 N–H and O–H groups in total. The lowest BCUT2D eigenvalue weighted by Gasteiger charge is -2.36. The second kappa shape index (κ2) is 6.84. The third-order valence-corrected chi connectivity index (χ3v) is 4.36. The highest BCUT2D eigenvalue weighted by Gasteiger charge is 2.38. The molecule has 0 saturated carbocycles. The Morgan fingerprint density at radius 3 is 2.85 bits per heavy atom. The van der Waals surface area contributed by atoms with E-state index in [-0.39, 0.29) is 11.3 Å². The van der Waals surface area contributed by atoms with Crippen molar-refractivity contribution >= 4 is 5.91 Å². The summed E-state index contributed by atoms with van der Waals surface area (Å²) in [7, 11) is 0. The largest absolute Gasteiger partial charge is 0.351 e. The van der Waals surface area contributed by atoms with E-state index in [1.54, 1.807) is 6.20 Å². The third-order valence-electron chi connectivity index (χ3n) is 4.36. The number of pyridine rings is 1. The van der Waals surface area contributed by atoms with Crippen LogP contribution in [0.2, 0.25) is 0 Å². The zero-order valence-corrected chi connectivity index (χ0v) is 12.5. The fourth-order valence-corrected chi connectivity index (χ4v) is 3.02. The van der Waals surface area contributed by atoms with Gasteiger partial charge in [-0.3, -0.25) is 9.78 Å². The molecule has 2 rings (SSSR count). The average molecular weight is 275 g/mol. The summed E-state index contributed by atoms with van der Waals surface area (Å²) in [5, 5.41) is 6.47. The standard InChI is InChI=1S/C16H25N3O/c1-3-5-16(6-9-17-10-7-16)15(20)19-12-14-11-18-8-4-13(14)2/h4,8,11,17H,3,5-7,9-10,12H2,1-2H3,(H,19,20). The van der Waals surface area contributed by atoms with Crippen LogP contribution in [-0.4, -0.2) is 24.0 Å². The van der Waals surface area contributed by atoms with E-state index in [0.29, 0.717) is 6.54 Å². The number of aromatic nitrogens is 1. The number of nitrogens with one attached hydrogen (secondary N) is 2. The average Bonchev–Trinajstić information content (AvgIpc) is 2.47. The van der Waals surface area contributed by atoms with E-state index in [0.717, 1.165) is 44.3 Å². The summed E-state index contributed by atoms with van der Waals surface area (Å²) in [5.41, 5.74) is 2.10. The van der Waals surface area contributed by atoms with Gasteiger partial charge >= 0.3 is 0 Å². The van der Waals surface area contributed by atoms with E-state index in [9.17, 15) is 4.79 Å². The van der Waals surface area contributed by atoms with Crippen LogP contribution in [0.25, 0.3) is 0 Å². The topological polar surface area (TPSA) is 54.0 Å². The molecule has 1 saturated heterocycles. The lowest BCUT2D eigenvalue weighted by Crippen LogP contribution is -2.47. The van der Waals surface area contributed by atoms with Crippen molar-refractivity contribution in [3.8, 4) is 0 Å². The monoisotopic (exact) mass is 275 g/mol. The van der Waals surface area contributed by atoms with Crippen LogP contribution in [0.3, 0.4) is 0 Å². The number of hydrogen-bond donors (Lipinski definition) is 2. The molecule has 0 radical (unpaired) electrons. The van der Waals surface area contributed by atoms with Crippen molar-refractivity contribution in [1.29, 1.82) is 0 Å². The molecule has 1 aromatic heterocycles. The van der Waals surface area contributed by atoms with Gasteiger partial charge in [-0.25, -0.2) is 0 Å². The van der Waals surface area contributed by atoms with Gasteiger partial charge in [0.25, 0.3) is 0 Å². The van der Waals surface area contributed by atoms with E-state index in [1.165, 1.54) is 5.56 Å². The minimum atomic E-state index is -0.171. The molecule has 1 aliphatic rings. The first-order valence-electron chi connectivity index (χ1n) is 7.56. The van der Waals surface area contributed by atoms with Crippen molar-refractivity contribution in [3.63, 3.8) is 0 Å². The fraction of sp³-hybridized carbons (Fsp3) is 0.625. The Balaban J connectivity index is 2.00. The second-order valence-electron chi connectivity index (χ2n) is 5.77. The molecule has 1 aromatic rings. The number of rotatable bonds is 5. The molecule has 0 bridgehead atoms. The molecule has 0 unspecified atom stereocenters. The minimum Gasteiger partial charge on any atom is -0.351 e. The van der Waals surface area contributed by atoms with Crippen LogP contribution in [-0.2, 0) is 11.3 Å². The Bertz CT molecular complexity index is 447. The predicted molar refractivity (Wildman–Crippen MR) is 80.3 cm³/mol. The number of amides is 1. The Labute approximate surface area is 121 Å². The summed E-state index contributed by atoms with van der Waals surface area (Å²) >= 11 is 0. The van der Waals surface area contributed by atoms with Gasteiger partial charge in [-0.2, -0.15) is 0 Å². The summed E-state index contributed by atoms with van der Waals surface area (Å²) in [6.45, 7) is 6.67. The van der Waals surface area contributed by atoms with Crippen LogP contribution >= 0.6 is 0 Å². The van der Waals surface area contributed by atoms with E-state index < -0.39 is 0 Å². The molecule has 4 heteroatoms. The van der Waals surface area contributed by atoms with Crippen LogP contribution in [0.1, 0.15) is 43.7 Å². The van der Waals surface area contributed by atoms with Crippen molar-refractivity contribution in [2.75, 3.05) is 13.1 Å². The van der Waals surface area contributed by atoms with Gasteiger partial charge in [0.05, 0.1) is 5.41 Å². The van der Waals surface area contributed by atoms with Gasteiger partial charge in [0.15, 0.2) is 0 Å². The van der Waals surface area contributed by atoms with Crippen molar-refractivity contribution in [2.45, 2.75) is 46.1 Å². The molecule has 110 valence electrons. The maximum atomic E-state index is 12.6. The molecule has 1 aliphatic heterocycles. The Hall–Kier alpha value is -1.42. The highest BCUT2D eigenvalue weighted by molar-refractivity contribution is 5.82. The molecule has 1 fully saturated rings. The van der Waals surface area contributed by atoms with Crippen molar-refractivity contribution < 1.29 is 4.79 Å². The van der Waals surface area contributed by atoms with Crippen molar-refractivity contribution in [1.82, 2.24) is 15.6 Å². The molecule has 20 heavy (non-hydrogen) atoms. The quantitative estimate of drug-likeness (QED) is 0.866. The van der Waals surface area contributed by atoms with Gasteiger partial charge in [-0.05, 0) is 56.5 Å². The SMILES string of the molecule is CCCC1(C(=O)NCc2cnccc2C)CCNCC1. The van der Waals surface area contributed by atoms with Crippen LogP contribution < -0.4 is 10.6 Å². The number of hydrogen-bond acceptors (Lipinski definition) is 3. The summed E-state index contributed by atoms with van der Waals surface area (Å²) in [5.74, 6) is 0.212. The van der Waals surface area contributed by atoms with E-state index in [1.807, 2.05) is 12.3 Å². The number of carbonyl (C=O) groups is 1. The number of carbonyl (C=O) groups excluding carboxylic acids is 1. The van der Waals surface area contributed by atoms with Crippen molar-refractivity contribution in [2.24, 2.45) is 5.41 Å². The summed E-state index contributed by atoms with van der Waals surface area (Å²) in [4.78, 5) is 16.8. The summed E-state index contributed by atoms with van der Waals surface area (Å²) in [6, 6.07) is 1.98. The van der Waals surface area contributed by atoms with Gasteiger partial charge in [0, 0.05) is 18.9 Å². The molecular formula is C16H25N3O. The van der Waals surface area contributed by atoms with E-state index >= 15 is 0 Å². The Kier molecular flexibility index (Phi) is 5.12. The van der Waals surface area contributed by atoms with Crippen LogP contribution in [0.15, 0.2) is 18.5 Å². The van der Waals surface area contributed by atoms with E-state index in [4.69, 9.17) is 0 Å². The summed E-state index contributed by atoms with van der Waals surface area (Å²) in [6.07, 6.45) is 7.54. The Morgan fingerprint density at radius 1 is 1.45 bits per heavy atom. The highest BCUT2D eigenvalue weighted by atomic mass is 16.2. The second-order valence-corrected chi connectivity index (χ2v) is 5.77. The fourth-order valence-electron chi connectivity index (χ4n) is 3.02. The third kappa shape index (κ3) is 3.37. The Morgan fingerprint density at radius 2 is 2.20 bits per heavy atom. The number of nitrogens with zero attached hydrogens (tertiary/aromatic N) is 1. The van der Waals surface area contributed by atoms with Gasteiger partial charge < -0.3 is 10.6 Å². The maximum absolute atomic E-state index is 12.6. The van der Waals surface area contributed by atoms with E-state index in [2.05, 4.69) is 29.5 Å². The zero-order chi connectivity index (χ0) is 14.4. The molecular weight excluding hydrogens is 250 g/mol. The molecule has 2 heterocycles. The minimum absolute atomic E-state index is 0.171. The van der Waals surface area contributed by atoms with Crippen molar-refractivity contribution in [3.05, 3.63) is 29.6 Å². The lowest BCUT2D eigenvalue weighted by atomic mass is 9.74. The maximum Gasteiger partial charge on any atom is 0.226 e. The van der Waals surface area contributed by atoms with Gasteiger partial charge in [0.1, 0.15) is 0 Å². The van der Waals surface area contributed by atoms with Crippen LogP contribution in [0.5, 0.6) is 0 Å².